The van der Waals surface area contributed by atoms with Crippen molar-refractivity contribution < 1.29 is 4.39 Å². The molecule has 4 nitrogen and oxygen atoms in total. The van der Waals surface area contributed by atoms with Gasteiger partial charge in [-0.15, -0.1) is 11.3 Å². The Morgan fingerprint density at radius 2 is 2.23 bits per heavy atom. The second-order valence-electron chi connectivity index (χ2n) is 5.24. The van der Waals surface area contributed by atoms with Gasteiger partial charge in [0.05, 0.1) is 5.69 Å². The number of rotatable bonds is 4. The molecular weight excluding hydrogens is 301 g/mol. The first kappa shape index (κ1) is 14.9. The van der Waals surface area contributed by atoms with Gasteiger partial charge in [-0.2, -0.15) is 0 Å². The first-order valence-corrected chi connectivity index (χ1v) is 7.88. The fourth-order valence-electron chi connectivity index (χ4n) is 2.34. The van der Waals surface area contributed by atoms with Crippen LogP contribution in [-0.2, 0) is 6.54 Å². The van der Waals surface area contributed by atoms with Crippen LogP contribution < -0.4 is 10.9 Å². The van der Waals surface area contributed by atoms with Crippen LogP contribution in [0.3, 0.4) is 0 Å². The molecule has 2 heterocycles. The number of halogens is 1. The lowest BCUT2D eigenvalue weighted by molar-refractivity contribution is 0.559. The molecule has 0 aliphatic carbocycles. The zero-order valence-electron chi connectivity index (χ0n) is 12.3. The van der Waals surface area contributed by atoms with E-state index < -0.39 is 0 Å². The maximum Gasteiger partial charge on any atom is 0.259 e. The van der Waals surface area contributed by atoms with Crippen molar-refractivity contribution in [2.75, 3.05) is 0 Å². The van der Waals surface area contributed by atoms with Crippen molar-refractivity contribution in [1.29, 1.82) is 0 Å². The third-order valence-corrected chi connectivity index (χ3v) is 4.51. The highest BCUT2D eigenvalue weighted by Crippen LogP contribution is 2.15. The molecule has 0 spiro atoms. The average molecular weight is 317 g/mol. The van der Waals surface area contributed by atoms with Gasteiger partial charge >= 0.3 is 0 Å². The van der Waals surface area contributed by atoms with Gasteiger partial charge in [-0.05, 0) is 31.5 Å². The molecule has 0 aliphatic rings. The van der Waals surface area contributed by atoms with Gasteiger partial charge in [0.15, 0.2) is 4.96 Å². The van der Waals surface area contributed by atoms with Gasteiger partial charge in [-0.25, -0.2) is 9.37 Å². The van der Waals surface area contributed by atoms with Crippen LogP contribution in [0, 0.1) is 12.7 Å². The first-order chi connectivity index (χ1) is 10.5. The Bertz CT molecular complexity index is 871. The Hall–Kier alpha value is -2.05. The number of hydrogen-bond acceptors (Lipinski definition) is 4. The molecule has 2 aromatic heterocycles. The molecule has 0 amide bonds. The fourth-order valence-corrected chi connectivity index (χ4v) is 3.23. The lowest BCUT2D eigenvalue weighted by Crippen LogP contribution is -2.22. The molecular formula is C16H16FN3OS. The Balaban J connectivity index is 1.78. The van der Waals surface area contributed by atoms with Crippen molar-refractivity contribution in [2.45, 2.75) is 26.4 Å². The number of nitrogens with one attached hydrogen (secondary N) is 1. The maximum atomic E-state index is 13.2. The summed E-state index contributed by atoms with van der Waals surface area (Å²) in [6.45, 7) is 4.30. The highest BCUT2D eigenvalue weighted by atomic mass is 32.1. The van der Waals surface area contributed by atoms with Crippen LogP contribution in [0.5, 0.6) is 0 Å². The summed E-state index contributed by atoms with van der Waals surface area (Å²) in [5.74, 6) is -0.252. The van der Waals surface area contributed by atoms with Crippen molar-refractivity contribution >= 4 is 16.3 Å². The predicted octanol–water partition coefficient (Wildman–Crippen LogP) is 3.05. The molecule has 3 aromatic rings. The minimum absolute atomic E-state index is 0.0268. The van der Waals surface area contributed by atoms with E-state index in [0.717, 1.165) is 11.3 Å². The van der Waals surface area contributed by atoms with Crippen LogP contribution in [0.25, 0.3) is 4.96 Å². The van der Waals surface area contributed by atoms with Gasteiger partial charge in [-0.1, -0.05) is 12.1 Å². The van der Waals surface area contributed by atoms with Crippen molar-refractivity contribution in [1.82, 2.24) is 14.7 Å². The Morgan fingerprint density at radius 3 is 3.00 bits per heavy atom. The molecule has 0 saturated heterocycles. The second-order valence-corrected chi connectivity index (χ2v) is 6.07. The number of nitrogens with zero attached hydrogens (tertiary/aromatic N) is 2. The molecule has 1 aromatic carbocycles. The SMILES string of the molecule is Cc1csc2nc(CNC(C)c3cccc(F)c3)cc(=O)n12. The summed E-state index contributed by atoms with van der Waals surface area (Å²) in [5.41, 5.74) is 2.38. The van der Waals surface area contributed by atoms with Gasteiger partial charge in [0.1, 0.15) is 5.82 Å². The van der Waals surface area contributed by atoms with Crippen molar-refractivity contribution in [3.8, 4) is 0 Å². The number of hydrogen-bond donors (Lipinski definition) is 1. The number of benzene rings is 1. The minimum Gasteiger partial charge on any atom is -0.305 e. The predicted molar refractivity (Wildman–Crippen MR) is 85.7 cm³/mol. The summed E-state index contributed by atoms with van der Waals surface area (Å²) in [6.07, 6.45) is 0. The lowest BCUT2D eigenvalue weighted by Gasteiger charge is -2.14. The molecule has 0 saturated carbocycles. The van der Waals surface area contributed by atoms with Crippen LogP contribution in [-0.4, -0.2) is 9.38 Å². The normalized spacial score (nSPS) is 12.7. The minimum atomic E-state index is -0.252. The Morgan fingerprint density at radius 1 is 1.41 bits per heavy atom. The highest BCUT2D eigenvalue weighted by Gasteiger charge is 2.09. The number of aromatic nitrogens is 2. The zero-order valence-corrected chi connectivity index (χ0v) is 13.2. The fraction of sp³-hybridized carbons (Fsp3) is 0.250. The monoisotopic (exact) mass is 317 g/mol. The van der Waals surface area contributed by atoms with Gasteiger partial charge < -0.3 is 5.32 Å². The van der Waals surface area contributed by atoms with Crippen molar-refractivity contribution in [2.24, 2.45) is 0 Å². The molecule has 1 atom stereocenters. The molecule has 0 aliphatic heterocycles. The molecule has 22 heavy (non-hydrogen) atoms. The third kappa shape index (κ3) is 2.93. The topological polar surface area (TPSA) is 46.4 Å². The summed E-state index contributed by atoms with van der Waals surface area (Å²) in [4.78, 5) is 17.3. The molecule has 1 unspecified atom stereocenters. The van der Waals surface area contributed by atoms with Crippen LogP contribution in [0.15, 0.2) is 40.5 Å². The molecule has 6 heteroatoms. The number of thiazole rings is 1. The number of aryl methyl sites for hydroxylation is 1. The first-order valence-electron chi connectivity index (χ1n) is 7.00. The van der Waals surface area contributed by atoms with E-state index in [2.05, 4.69) is 10.3 Å². The van der Waals surface area contributed by atoms with Crippen molar-refractivity contribution in [3.63, 3.8) is 0 Å². The Kier molecular flexibility index (Phi) is 4.04. The summed E-state index contributed by atoms with van der Waals surface area (Å²) in [5, 5.41) is 5.18. The van der Waals surface area contributed by atoms with Crippen molar-refractivity contribution in [3.05, 3.63) is 68.8 Å². The van der Waals surface area contributed by atoms with Crippen LogP contribution >= 0.6 is 11.3 Å². The molecule has 0 fully saturated rings. The zero-order chi connectivity index (χ0) is 15.7. The smallest absolute Gasteiger partial charge is 0.259 e. The average Bonchev–Trinajstić information content (AvgIpc) is 2.86. The Labute approximate surface area is 131 Å². The second kappa shape index (κ2) is 5.98. The molecule has 114 valence electrons. The quantitative estimate of drug-likeness (QED) is 0.804. The van der Waals surface area contributed by atoms with E-state index in [9.17, 15) is 9.18 Å². The maximum absolute atomic E-state index is 13.2. The van der Waals surface area contributed by atoms with Crippen LogP contribution in [0.4, 0.5) is 4.39 Å². The third-order valence-electron chi connectivity index (χ3n) is 3.57. The van der Waals surface area contributed by atoms with E-state index in [0.29, 0.717) is 17.2 Å². The number of fused-ring (bicyclic) bond motifs is 1. The van der Waals surface area contributed by atoms with Gasteiger partial charge in [-0.3, -0.25) is 9.20 Å². The van der Waals surface area contributed by atoms with Gasteiger partial charge in [0.2, 0.25) is 0 Å². The standard InChI is InChI=1S/C16H16FN3OS/c1-10-9-22-16-19-14(7-15(21)20(10)16)8-18-11(2)12-4-3-5-13(17)6-12/h3-7,9,11,18H,8H2,1-2H3. The summed E-state index contributed by atoms with van der Waals surface area (Å²) in [7, 11) is 0. The van der Waals surface area contributed by atoms with E-state index in [1.54, 1.807) is 10.5 Å². The summed E-state index contributed by atoms with van der Waals surface area (Å²) >= 11 is 1.45. The molecule has 0 bridgehead atoms. The highest BCUT2D eigenvalue weighted by molar-refractivity contribution is 7.15. The van der Waals surface area contributed by atoms with E-state index in [1.807, 2.05) is 25.3 Å². The van der Waals surface area contributed by atoms with E-state index in [4.69, 9.17) is 0 Å². The van der Waals surface area contributed by atoms with Gasteiger partial charge in [0, 0.05) is 29.7 Å². The van der Waals surface area contributed by atoms with Crippen LogP contribution in [0.1, 0.15) is 29.9 Å². The molecule has 3 rings (SSSR count). The molecule has 1 N–H and O–H groups in total. The molecule has 0 radical (unpaired) electrons. The van der Waals surface area contributed by atoms with Crippen LogP contribution in [0.2, 0.25) is 0 Å². The summed E-state index contributed by atoms with van der Waals surface area (Å²) < 4.78 is 14.8. The van der Waals surface area contributed by atoms with E-state index in [1.165, 1.54) is 29.5 Å². The van der Waals surface area contributed by atoms with E-state index >= 15 is 0 Å². The van der Waals surface area contributed by atoms with Gasteiger partial charge in [0.25, 0.3) is 5.56 Å². The van der Waals surface area contributed by atoms with E-state index in [-0.39, 0.29) is 17.4 Å². The largest absolute Gasteiger partial charge is 0.305 e. The lowest BCUT2D eigenvalue weighted by atomic mass is 10.1. The summed E-state index contributed by atoms with van der Waals surface area (Å²) in [6, 6.07) is 8.00.